The summed E-state index contributed by atoms with van der Waals surface area (Å²) >= 11 is 6.05. The SMILES string of the molecule is C[C@@H]1NC(=O)[C@@H](N(C)C(=O)[C@H](CCCCN)NC(=O)c2ccc(-c3ccc(Cl)cc3)cc2)c2ccc(O)c(c2)-c2cc(ccc2O)C[C@@H](C(=O)N[C@@H](C)C(=O)N(C)c2ccn[nH]2)NC1=O. The highest BCUT2D eigenvalue weighted by molar-refractivity contribution is 6.30. The number of hydrogen-bond acceptors (Lipinski definition) is 10. The summed E-state index contributed by atoms with van der Waals surface area (Å²) in [7, 11) is 2.90. The summed E-state index contributed by atoms with van der Waals surface area (Å²) in [6.45, 7) is 3.24. The van der Waals surface area contributed by atoms with Crippen LogP contribution in [0.5, 0.6) is 11.5 Å². The minimum Gasteiger partial charge on any atom is -0.507 e. The van der Waals surface area contributed by atoms with Crippen LogP contribution in [-0.2, 0) is 30.4 Å². The Balaban J connectivity index is 1.30. The van der Waals surface area contributed by atoms with Crippen molar-refractivity contribution in [2.24, 2.45) is 5.73 Å². The summed E-state index contributed by atoms with van der Waals surface area (Å²) in [5.41, 5.74) is 8.72. The van der Waals surface area contributed by atoms with Crippen molar-refractivity contribution in [3.63, 3.8) is 0 Å². The highest BCUT2D eigenvalue weighted by Gasteiger charge is 2.36. The van der Waals surface area contributed by atoms with Gasteiger partial charge in [0.05, 0.1) is 6.20 Å². The van der Waals surface area contributed by atoms with Crippen molar-refractivity contribution >= 4 is 52.9 Å². The van der Waals surface area contributed by atoms with Crippen molar-refractivity contribution in [2.45, 2.75) is 69.7 Å². The highest BCUT2D eigenvalue weighted by atomic mass is 35.5. The van der Waals surface area contributed by atoms with E-state index in [2.05, 4.69) is 31.5 Å². The lowest BCUT2D eigenvalue weighted by molar-refractivity contribution is -0.141. The lowest BCUT2D eigenvalue weighted by Crippen LogP contribution is -2.57. The third-order valence-corrected chi connectivity index (χ3v) is 11.5. The molecule has 17 nitrogen and oxygen atoms in total. The Labute approximate surface area is 380 Å². The molecule has 0 saturated heterocycles. The van der Waals surface area contributed by atoms with E-state index in [1.165, 1.54) is 69.4 Å². The lowest BCUT2D eigenvalue weighted by atomic mass is 9.93. The highest BCUT2D eigenvalue weighted by Crippen LogP contribution is 2.39. The molecule has 340 valence electrons. The Morgan fingerprint density at radius 2 is 1.48 bits per heavy atom. The van der Waals surface area contributed by atoms with Crippen LogP contribution in [-0.4, -0.2) is 106 Å². The number of benzene rings is 4. The van der Waals surface area contributed by atoms with Crippen LogP contribution in [0, 0.1) is 0 Å². The third-order valence-electron chi connectivity index (χ3n) is 11.3. The van der Waals surface area contributed by atoms with Gasteiger partial charge in [0.1, 0.15) is 47.5 Å². The van der Waals surface area contributed by atoms with Crippen LogP contribution in [0.4, 0.5) is 5.82 Å². The summed E-state index contributed by atoms with van der Waals surface area (Å²) in [5.74, 6) is -4.04. The molecule has 6 rings (SSSR count). The van der Waals surface area contributed by atoms with Gasteiger partial charge in [-0.2, -0.15) is 5.10 Å². The minimum absolute atomic E-state index is 0.103. The minimum atomic E-state index is -1.45. The van der Waals surface area contributed by atoms with E-state index in [1.807, 2.05) is 12.1 Å². The quantitative estimate of drug-likeness (QED) is 0.0790. The number of carbonyl (C=O) groups is 6. The fourth-order valence-electron chi connectivity index (χ4n) is 7.56. The van der Waals surface area contributed by atoms with Gasteiger partial charge in [-0.1, -0.05) is 48.0 Å². The molecule has 65 heavy (non-hydrogen) atoms. The van der Waals surface area contributed by atoms with Crippen LogP contribution in [0.15, 0.2) is 97.2 Å². The third kappa shape index (κ3) is 11.3. The number of nitrogens with one attached hydrogen (secondary N) is 5. The fourth-order valence-corrected chi connectivity index (χ4v) is 7.68. The number of amides is 6. The van der Waals surface area contributed by atoms with E-state index >= 15 is 0 Å². The molecule has 5 aromatic rings. The standard InChI is InChI=1S/C47H52ClN9O8/c1-26-42(60)54-37(44(62)52-27(2)46(64)56(3)40-20-22-50-55-40)24-28-8-18-38(58)34(23-28)35-25-32(15-19-39(35)59)41(45(63)51-26)57(4)47(65)36(7-5-6-21-49)53-43(61)31-11-9-29(10-12-31)30-13-16-33(48)17-14-30/h8-20,22-23,25-27,36-37,41,58-59H,5-7,21,24,49H2,1-4H3,(H,50,55)(H,51,63)(H,52,62)(H,53,61)(H,54,60)/t26-,27-,36-,37-,41-/m0/s1. The molecule has 1 aliphatic heterocycles. The Kier molecular flexibility index (Phi) is 15.2. The van der Waals surface area contributed by atoms with Gasteiger partial charge in [0.15, 0.2) is 0 Å². The molecule has 0 spiro atoms. The van der Waals surface area contributed by atoms with Crippen LogP contribution >= 0.6 is 11.6 Å². The summed E-state index contributed by atoms with van der Waals surface area (Å²) in [6.07, 6.45) is 2.55. The Morgan fingerprint density at radius 3 is 2.12 bits per heavy atom. The van der Waals surface area contributed by atoms with Gasteiger partial charge < -0.3 is 42.1 Å². The van der Waals surface area contributed by atoms with E-state index in [-0.39, 0.29) is 46.6 Å². The Morgan fingerprint density at radius 1 is 0.831 bits per heavy atom. The van der Waals surface area contributed by atoms with E-state index in [0.717, 1.165) is 16.0 Å². The fraction of sp³-hybridized carbons (Fsp3) is 0.298. The number of aromatic hydroxyl groups is 2. The predicted octanol–water partition coefficient (Wildman–Crippen LogP) is 3.95. The summed E-state index contributed by atoms with van der Waals surface area (Å²) < 4.78 is 0. The molecule has 18 heteroatoms. The number of likely N-dealkylation sites (N-methyl/N-ethyl adjacent to an activating group) is 2. The maximum atomic E-state index is 14.6. The first-order valence-electron chi connectivity index (χ1n) is 21.0. The number of fused-ring (bicyclic) bond motifs is 5. The molecule has 9 N–H and O–H groups in total. The number of phenols is 2. The second kappa shape index (κ2) is 21.0. The maximum absolute atomic E-state index is 14.6. The van der Waals surface area contributed by atoms with E-state index in [1.54, 1.807) is 48.5 Å². The molecule has 0 fully saturated rings. The molecular weight excluding hydrogens is 854 g/mol. The average molecular weight is 906 g/mol. The number of nitrogens with zero attached hydrogens (tertiary/aromatic N) is 3. The molecular formula is C47H52ClN9O8. The number of aromatic amines is 1. The number of anilines is 1. The maximum Gasteiger partial charge on any atom is 0.251 e. The van der Waals surface area contributed by atoms with Gasteiger partial charge in [-0.15, -0.1) is 0 Å². The zero-order chi connectivity index (χ0) is 46.9. The van der Waals surface area contributed by atoms with Crippen molar-refractivity contribution in [1.82, 2.24) is 36.4 Å². The number of carbonyl (C=O) groups excluding carboxylic acids is 6. The number of phenolic OH excluding ortho intramolecular Hbond substituents is 2. The molecule has 4 aromatic carbocycles. The van der Waals surface area contributed by atoms with E-state index in [4.69, 9.17) is 17.3 Å². The van der Waals surface area contributed by atoms with Gasteiger partial charge in [0, 0.05) is 48.3 Å². The number of aromatic nitrogens is 2. The largest absolute Gasteiger partial charge is 0.507 e. The van der Waals surface area contributed by atoms with Crippen LogP contribution in [0.2, 0.25) is 5.02 Å². The predicted molar refractivity (Wildman–Crippen MR) is 245 cm³/mol. The topological polar surface area (TPSA) is 252 Å². The molecule has 5 atom stereocenters. The van der Waals surface area contributed by atoms with E-state index in [9.17, 15) is 39.0 Å². The number of H-pyrrole nitrogens is 1. The van der Waals surface area contributed by atoms with Gasteiger partial charge in [0.25, 0.3) is 5.91 Å². The smallest absolute Gasteiger partial charge is 0.251 e. The van der Waals surface area contributed by atoms with E-state index < -0.39 is 65.7 Å². The molecule has 6 amide bonds. The first-order chi connectivity index (χ1) is 31.1. The summed E-state index contributed by atoms with van der Waals surface area (Å²) in [4.78, 5) is 86.2. The van der Waals surface area contributed by atoms with Crippen molar-refractivity contribution in [1.29, 1.82) is 0 Å². The normalized spacial score (nSPS) is 17.0. The molecule has 1 aliphatic rings. The van der Waals surface area contributed by atoms with Crippen molar-refractivity contribution < 1.29 is 39.0 Å². The first-order valence-corrected chi connectivity index (χ1v) is 21.4. The molecule has 1 aromatic heterocycles. The Hall–Kier alpha value is -7.24. The van der Waals surface area contributed by atoms with Crippen molar-refractivity contribution in [2.75, 3.05) is 25.5 Å². The molecule has 0 saturated carbocycles. The number of unbranched alkanes of at least 4 members (excludes halogenated alkanes) is 1. The zero-order valence-electron chi connectivity index (χ0n) is 36.3. The lowest BCUT2D eigenvalue weighted by Gasteiger charge is -2.32. The molecule has 0 aliphatic carbocycles. The second-order valence-electron chi connectivity index (χ2n) is 15.9. The number of halogens is 1. The van der Waals surface area contributed by atoms with Gasteiger partial charge in [-0.25, -0.2) is 0 Å². The van der Waals surface area contributed by atoms with Gasteiger partial charge in [-0.05, 0) is 110 Å². The van der Waals surface area contributed by atoms with Crippen LogP contribution < -0.4 is 31.9 Å². The second-order valence-corrected chi connectivity index (χ2v) is 16.4. The van der Waals surface area contributed by atoms with Crippen molar-refractivity contribution in [3.8, 4) is 33.8 Å². The zero-order valence-corrected chi connectivity index (χ0v) is 37.1. The van der Waals surface area contributed by atoms with Crippen molar-refractivity contribution in [3.05, 3.63) is 119 Å². The number of hydrogen-bond donors (Lipinski definition) is 8. The average Bonchev–Trinajstić information content (AvgIpc) is 3.84. The van der Waals surface area contributed by atoms with Gasteiger partial charge in [0.2, 0.25) is 29.5 Å². The molecule has 0 unspecified atom stereocenters. The van der Waals surface area contributed by atoms with Crippen LogP contribution in [0.1, 0.15) is 60.6 Å². The molecule has 2 heterocycles. The first kappa shape index (κ1) is 47.2. The number of rotatable bonds is 13. The molecule has 0 radical (unpaired) electrons. The summed E-state index contributed by atoms with van der Waals surface area (Å²) in [5, 5.41) is 40.3. The number of nitrogens with two attached hydrogens (primary N) is 1. The summed E-state index contributed by atoms with van der Waals surface area (Å²) in [6, 6.07) is 18.2. The van der Waals surface area contributed by atoms with Crippen LogP contribution in [0.3, 0.4) is 0 Å². The monoisotopic (exact) mass is 905 g/mol. The van der Waals surface area contributed by atoms with Gasteiger partial charge >= 0.3 is 0 Å². The van der Waals surface area contributed by atoms with E-state index in [0.29, 0.717) is 35.8 Å². The van der Waals surface area contributed by atoms with Crippen LogP contribution in [0.25, 0.3) is 22.3 Å². The Bertz CT molecular complexity index is 2540. The molecule has 4 bridgehead atoms. The van der Waals surface area contributed by atoms with Gasteiger partial charge in [-0.3, -0.25) is 38.8 Å².